The number of benzene rings is 1. The van der Waals surface area contributed by atoms with Gasteiger partial charge >= 0.3 is 0 Å². The molecule has 0 saturated carbocycles. The van der Waals surface area contributed by atoms with Crippen molar-refractivity contribution in [3.63, 3.8) is 0 Å². The fraction of sp³-hybridized carbons (Fsp3) is 0.182. The molecule has 1 aromatic carbocycles. The molecule has 0 fully saturated rings. The summed E-state index contributed by atoms with van der Waals surface area (Å²) in [6.07, 6.45) is 0. The number of nitrogens with two attached hydrogens (primary N) is 1. The summed E-state index contributed by atoms with van der Waals surface area (Å²) >= 11 is 0. The summed E-state index contributed by atoms with van der Waals surface area (Å²) in [6, 6.07) is 8.75. The SMILES string of the molecule is Nc1nc2cc[c]cc2c2c1COC2. The van der Waals surface area contributed by atoms with Crippen LogP contribution >= 0.6 is 0 Å². The van der Waals surface area contributed by atoms with Crippen molar-refractivity contribution in [1.82, 2.24) is 4.98 Å². The van der Waals surface area contributed by atoms with Crippen molar-refractivity contribution in [1.29, 1.82) is 0 Å². The lowest BCUT2D eigenvalue weighted by Crippen LogP contribution is -1.98. The lowest BCUT2D eigenvalue weighted by molar-refractivity contribution is 0.135. The van der Waals surface area contributed by atoms with E-state index in [0.29, 0.717) is 19.0 Å². The molecule has 0 amide bonds. The van der Waals surface area contributed by atoms with Crippen molar-refractivity contribution < 1.29 is 4.74 Å². The van der Waals surface area contributed by atoms with Crippen molar-refractivity contribution in [3.05, 3.63) is 35.4 Å². The highest BCUT2D eigenvalue weighted by Gasteiger charge is 2.18. The summed E-state index contributed by atoms with van der Waals surface area (Å²) in [6.45, 7) is 1.22. The molecule has 1 aromatic heterocycles. The zero-order valence-corrected chi connectivity index (χ0v) is 7.58. The third-order valence-electron chi connectivity index (χ3n) is 2.57. The van der Waals surface area contributed by atoms with Gasteiger partial charge in [-0.2, -0.15) is 0 Å². The quantitative estimate of drug-likeness (QED) is 0.678. The van der Waals surface area contributed by atoms with Crippen LogP contribution in [-0.2, 0) is 18.0 Å². The number of aromatic nitrogens is 1. The number of nitrogens with zero attached hydrogens (tertiary/aromatic N) is 1. The van der Waals surface area contributed by atoms with Crippen LogP contribution in [0.15, 0.2) is 18.2 Å². The van der Waals surface area contributed by atoms with E-state index in [1.807, 2.05) is 18.2 Å². The van der Waals surface area contributed by atoms with Crippen LogP contribution < -0.4 is 5.73 Å². The molecule has 3 rings (SSSR count). The Kier molecular flexibility index (Phi) is 1.49. The van der Waals surface area contributed by atoms with Gasteiger partial charge in [0, 0.05) is 10.9 Å². The number of pyridine rings is 1. The van der Waals surface area contributed by atoms with Gasteiger partial charge < -0.3 is 10.5 Å². The predicted molar refractivity (Wildman–Crippen MR) is 53.5 cm³/mol. The fourth-order valence-electron chi connectivity index (χ4n) is 1.86. The van der Waals surface area contributed by atoms with E-state index in [1.165, 1.54) is 5.56 Å². The van der Waals surface area contributed by atoms with Gasteiger partial charge in [-0.3, -0.25) is 0 Å². The van der Waals surface area contributed by atoms with Crippen molar-refractivity contribution in [2.24, 2.45) is 0 Å². The molecule has 3 nitrogen and oxygen atoms in total. The second-order valence-corrected chi connectivity index (χ2v) is 3.39. The van der Waals surface area contributed by atoms with Gasteiger partial charge in [0.05, 0.1) is 18.7 Å². The fourth-order valence-corrected chi connectivity index (χ4v) is 1.86. The van der Waals surface area contributed by atoms with E-state index in [0.717, 1.165) is 16.5 Å². The molecule has 0 unspecified atom stereocenters. The lowest BCUT2D eigenvalue weighted by Gasteiger charge is -2.05. The topological polar surface area (TPSA) is 48.1 Å². The molecule has 2 heterocycles. The summed E-state index contributed by atoms with van der Waals surface area (Å²) < 4.78 is 5.37. The summed E-state index contributed by atoms with van der Waals surface area (Å²) in [5, 5.41) is 1.11. The van der Waals surface area contributed by atoms with Crippen LogP contribution in [-0.4, -0.2) is 4.98 Å². The zero-order chi connectivity index (χ0) is 9.54. The third-order valence-corrected chi connectivity index (χ3v) is 2.57. The first-order chi connectivity index (χ1) is 6.86. The first-order valence-corrected chi connectivity index (χ1v) is 4.51. The minimum absolute atomic E-state index is 0.582. The normalized spacial score (nSPS) is 14.6. The third kappa shape index (κ3) is 0.930. The Morgan fingerprint density at radius 2 is 2.21 bits per heavy atom. The molecule has 0 bridgehead atoms. The zero-order valence-electron chi connectivity index (χ0n) is 7.58. The van der Waals surface area contributed by atoms with Crippen LogP contribution in [0, 0.1) is 6.07 Å². The van der Waals surface area contributed by atoms with Crippen LogP contribution in [0.4, 0.5) is 5.82 Å². The van der Waals surface area contributed by atoms with Gasteiger partial charge in [-0.15, -0.1) is 0 Å². The van der Waals surface area contributed by atoms with Gasteiger partial charge in [0.15, 0.2) is 0 Å². The Morgan fingerprint density at radius 1 is 1.36 bits per heavy atom. The maximum Gasteiger partial charge on any atom is 0.130 e. The smallest absolute Gasteiger partial charge is 0.130 e. The second kappa shape index (κ2) is 2.69. The average Bonchev–Trinajstić information content (AvgIpc) is 2.67. The highest BCUT2D eigenvalue weighted by molar-refractivity contribution is 5.85. The number of hydrogen-bond donors (Lipinski definition) is 1. The van der Waals surface area contributed by atoms with Gasteiger partial charge in [-0.25, -0.2) is 4.98 Å². The van der Waals surface area contributed by atoms with E-state index >= 15 is 0 Å². The van der Waals surface area contributed by atoms with E-state index in [4.69, 9.17) is 10.5 Å². The molecule has 0 atom stereocenters. The van der Waals surface area contributed by atoms with E-state index in [-0.39, 0.29) is 0 Å². The van der Waals surface area contributed by atoms with Crippen molar-refractivity contribution in [2.45, 2.75) is 13.2 Å². The second-order valence-electron chi connectivity index (χ2n) is 3.39. The van der Waals surface area contributed by atoms with E-state index in [9.17, 15) is 0 Å². The van der Waals surface area contributed by atoms with E-state index < -0.39 is 0 Å². The van der Waals surface area contributed by atoms with Crippen LogP contribution in [0.25, 0.3) is 10.9 Å². The largest absolute Gasteiger partial charge is 0.383 e. The highest BCUT2D eigenvalue weighted by Crippen LogP contribution is 2.30. The monoisotopic (exact) mass is 185 g/mol. The number of anilines is 1. The summed E-state index contributed by atoms with van der Waals surface area (Å²) in [5.74, 6) is 0.594. The van der Waals surface area contributed by atoms with Gasteiger partial charge in [0.25, 0.3) is 0 Å². The highest BCUT2D eigenvalue weighted by atomic mass is 16.5. The molecule has 0 aliphatic carbocycles. The van der Waals surface area contributed by atoms with Gasteiger partial charge in [0.2, 0.25) is 0 Å². The molecule has 1 aliphatic rings. The van der Waals surface area contributed by atoms with Gasteiger partial charge in [-0.1, -0.05) is 6.07 Å². The number of nitrogen functional groups attached to an aromatic ring is 1. The van der Waals surface area contributed by atoms with Gasteiger partial charge in [0.1, 0.15) is 5.82 Å². The number of hydrogen-bond acceptors (Lipinski definition) is 3. The number of rotatable bonds is 0. The predicted octanol–water partition coefficient (Wildman–Crippen LogP) is 1.65. The maximum atomic E-state index is 5.84. The maximum absolute atomic E-state index is 5.84. The molecule has 69 valence electrons. The minimum atomic E-state index is 0.582. The first kappa shape index (κ1) is 7.76. The van der Waals surface area contributed by atoms with Crippen LogP contribution in [0.2, 0.25) is 0 Å². The molecule has 2 N–H and O–H groups in total. The Labute approximate surface area is 81.5 Å². The molecular formula is C11H9N2O. The Hall–Kier alpha value is -1.61. The first-order valence-electron chi connectivity index (χ1n) is 4.51. The van der Waals surface area contributed by atoms with Gasteiger partial charge in [-0.05, 0) is 23.8 Å². The summed E-state index contributed by atoms with van der Waals surface area (Å²) in [7, 11) is 0. The van der Waals surface area contributed by atoms with Crippen LogP contribution in [0.3, 0.4) is 0 Å². The van der Waals surface area contributed by atoms with E-state index in [1.54, 1.807) is 0 Å². The average molecular weight is 185 g/mol. The number of ether oxygens (including phenoxy) is 1. The Morgan fingerprint density at radius 3 is 3.14 bits per heavy atom. The molecule has 1 radical (unpaired) electrons. The van der Waals surface area contributed by atoms with Crippen molar-refractivity contribution >= 4 is 16.7 Å². The lowest BCUT2D eigenvalue weighted by atomic mass is 10.1. The van der Waals surface area contributed by atoms with Crippen LogP contribution in [0.1, 0.15) is 11.1 Å². The summed E-state index contributed by atoms with van der Waals surface area (Å²) in [5.41, 5.74) is 8.97. The van der Waals surface area contributed by atoms with Crippen molar-refractivity contribution in [3.8, 4) is 0 Å². The molecule has 0 saturated heterocycles. The van der Waals surface area contributed by atoms with Crippen LogP contribution in [0.5, 0.6) is 0 Å². The van der Waals surface area contributed by atoms with Crippen molar-refractivity contribution in [2.75, 3.05) is 5.73 Å². The molecule has 14 heavy (non-hydrogen) atoms. The molecule has 0 spiro atoms. The molecule has 2 aromatic rings. The molecule has 1 aliphatic heterocycles. The number of fused-ring (bicyclic) bond motifs is 3. The standard InChI is InChI=1S/C11H9N2O/c12-11-9-6-14-5-8(9)7-3-1-2-4-10(7)13-11/h2-4H,5-6H2,(H2,12,13). The summed E-state index contributed by atoms with van der Waals surface area (Å²) in [4.78, 5) is 4.33. The molecule has 3 heteroatoms. The Bertz CT molecular complexity index is 508. The van der Waals surface area contributed by atoms with E-state index in [2.05, 4.69) is 11.1 Å². The minimum Gasteiger partial charge on any atom is -0.383 e. The molecular weight excluding hydrogens is 176 g/mol. The Balaban J connectivity index is 2.46.